The third kappa shape index (κ3) is 2.03. The van der Waals surface area contributed by atoms with Crippen LogP contribution in [0.15, 0.2) is 10.7 Å². The molecular formula is C10H12N4O3. The molecule has 0 aliphatic rings. The fraction of sp³-hybridized carbons (Fsp3) is 0.400. The smallest absolute Gasteiger partial charge is 0.341 e. The molecule has 17 heavy (non-hydrogen) atoms. The first-order valence-corrected chi connectivity index (χ1v) is 5.22. The van der Waals surface area contributed by atoms with Gasteiger partial charge in [0, 0.05) is 13.5 Å². The highest BCUT2D eigenvalue weighted by Gasteiger charge is 2.24. The zero-order chi connectivity index (χ0) is 12.4. The van der Waals surface area contributed by atoms with E-state index in [1.54, 1.807) is 13.2 Å². The maximum atomic E-state index is 11.2. The van der Waals surface area contributed by atoms with Crippen molar-refractivity contribution in [2.24, 2.45) is 7.05 Å². The lowest BCUT2D eigenvalue weighted by Gasteiger charge is -1.94. The molecule has 7 heteroatoms. The van der Waals surface area contributed by atoms with E-state index in [-0.39, 0.29) is 11.3 Å². The van der Waals surface area contributed by atoms with Gasteiger partial charge in [0.15, 0.2) is 11.5 Å². The first-order chi connectivity index (χ1) is 8.13. The highest BCUT2D eigenvalue weighted by atomic mass is 16.5. The van der Waals surface area contributed by atoms with Crippen molar-refractivity contribution in [3.05, 3.63) is 17.5 Å². The molecule has 90 valence electrons. The number of nitrogens with zero attached hydrogens (tertiary/aromatic N) is 4. The molecule has 0 bridgehead atoms. The van der Waals surface area contributed by atoms with E-state index >= 15 is 0 Å². The average Bonchev–Trinajstić information content (AvgIpc) is 2.84. The largest absolute Gasteiger partial charge is 0.477 e. The molecule has 0 unspecified atom stereocenters. The van der Waals surface area contributed by atoms with E-state index in [0.717, 1.165) is 6.42 Å². The van der Waals surface area contributed by atoms with Crippen molar-refractivity contribution in [2.45, 2.75) is 19.8 Å². The van der Waals surface area contributed by atoms with Crippen LogP contribution >= 0.6 is 0 Å². The third-order valence-electron chi connectivity index (χ3n) is 2.30. The number of hydrogen-bond acceptors (Lipinski definition) is 5. The standard InChI is InChI=1S/C10H12N4O3/c1-3-4-7-8(10(15)16)9(12-17-7)6-5-14(2)13-11-6/h5H,3-4H2,1-2H3,(H,15,16). The molecule has 0 spiro atoms. The lowest BCUT2D eigenvalue weighted by Crippen LogP contribution is -2.01. The molecule has 0 aliphatic carbocycles. The fourth-order valence-electron chi connectivity index (χ4n) is 1.57. The van der Waals surface area contributed by atoms with E-state index in [1.165, 1.54) is 4.68 Å². The van der Waals surface area contributed by atoms with Crippen molar-refractivity contribution >= 4 is 5.97 Å². The molecule has 0 saturated carbocycles. The molecular weight excluding hydrogens is 224 g/mol. The Hall–Kier alpha value is -2.18. The number of carboxylic acid groups (broad SMARTS) is 1. The van der Waals surface area contributed by atoms with Gasteiger partial charge in [0.1, 0.15) is 11.3 Å². The van der Waals surface area contributed by atoms with Crippen molar-refractivity contribution in [1.82, 2.24) is 20.2 Å². The SMILES string of the molecule is CCCc1onc(-c2cn(C)nn2)c1C(=O)O. The molecule has 0 aliphatic heterocycles. The Morgan fingerprint density at radius 3 is 2.88 bits per heavy atom. The Kier molecular flexibility index (Phi) is 2.90. The lowest BCUT2D eigenvalue weighted by atomic mass is 10.1. The Balaban J connectivity index is 2.50. The second-order valence-corrected chi connectivity index (χ2v) is 3.66. The summed E-state index contributed by atoms with van der Waals surface area (Å²) in [6.07, 6.45) is 2.92. The van der Waals surface area contributed by atoms with Gasteiger partial charge in [-0.3, -0.25) is 4.68 Å². The summed E-state index contributed by atoms with van der Waals surface area (Å²) in [6.45, 7) is 1.94. The van der Waals surface area contributed by atoms with Gasteiger partial charge in [0.05, 0.1) is 6.20 Å². The van der Waals surface area contributed by atoms with Crippen LogP contribution < -0.4 is 0 Å². The minimum absolute atomic E-state index is 0.0763. The van der Waals surface area contributed by atoms with Crippen LogP contribution in [0.2, 0.25) is 0 Å². The van der Waals surface area contributed by atoms with Gasteiger partial charge in [-0.15, -0.1) is 5.10 Å². The van der Waals surface area contributed by atoms with Gasteiger partial charge in [-0.25, -0.2) is 4.79 Å². The summed E-state index contributed by atoms with van der Waals surface area (Å²) in [7, 11) is 1.70. The molecule has 0 atom stereocenters. The second kappa shape index (κ2) is 4.36. The van der Waals surface area contributed by atoms with E-state index in [4.69, 9.17) is 4.52 Å². The minimum Gasteiger partial charge on any atom is -0.477 e. The molecule has 1 N–H and O–H groups in total. The predicted molar refractivity (Wildman–Crippen MR) is 57.5 cm³/mol. The highest BCUT2D eigenvalue weighted by molar-refractivity contribution is 5.95. The normalized spacial score (nSPS) is 10.7. The minimum atomic E-state index is -1.06. The molecule has 0 radical (unpaired) electrons. The van der Waals surface area contributed by atoms with Crippen molar-refractivity contribution in [2.75, 3.05) is 0 Å². The van der Waals surface area contributed by atoms with Crippen LogP contribution in [0, 0.1) is 0 Å². The number of aromatic carboxylic acids is 1. The van der Waals surface area contributed by atoms with Crippen molar-refractivity contribution in [3.63, 3.8) is 0 Å². The number of aromatic nitrogens is 4. The van der Waals surface area contributed by atoms with Crippen LogP contribution in [-0.4, -0.2) is 31.2 Å². The zero-order valence-corrected chi connectivity index (χ0v) is 9.54. The van der Waals surface area contributed by atoms with E-state index < -0.39 is 5.97 Å². The molecule has 2 heterocycles. The monoisotopic (exact) mass is 236 g/mol. The molecule has 2 aromatic heterocycles. The molecule has 0 amide bonds. The number of rotatable bonds is 4. The van der Waals surface area contributed by atoms with Gasteiger partial charge in [-0.1, -0.05) is 17.3 Å². The maximum absolute atomic E-state index is 11.2. The molecule has 0 aromatic carbocycles. The van der Waals surface area contributed by atoms with Crippen LogP contribution in [0.1, 0.15) is 29.5 Å². The number of carboxylic acids is 1. The molecule has 2 aromatic rings. The first kappa shape index (κ1) is 11.3. The Bertz CT molecular complexity index is 543. The van der Waals surface area contributed by atoms with Crippen molar-refractivity contribution in [3.8, 4) is 11.4 Å². The van der Waals surface area contributed by atoms with Crippen LogP contribution in [0.3, 0.4) is 0 Å². The van der Waals surface area contributed by atoms with Crippen molar-refractivity contribution in [1.29, 1.82) is 0 Å². The fourth-order valence-corrected chi connectivity index (χ4v) is 1.57. The summed E-state index contributed by atoms with van der Waals surface area (Å²) >= 11 is 0. The average molecular weight is 236 g/mol. The maximum Gasteiger partial charge on any atom is 0.341 e. The van der Waals surface area contributed by atoms with Crippen LogP contribution in [-0.2, 0) is 13.5 Å². The predicted octanol–water partition coefficient (Wildman–Crippen LogP) is 1.12. The van der Waals surface area contributed by atoms with Gasteiger partial charge in [0.2, 0.25) is 0 Å². The summed E-state index contributed by atoms with van der Waals surface area (Å²) < 4.78 is 6.53. The summed E-state index contributed by atoms with van der Waals surface area (Å²) in [5.74, 6) is -0.684. The van der Waals surface area contributed by atoms with Gasteiger partial charge in [-0.05, 0) is 6.42 Å². The summed E-state index contributed by atoms with van der Waals surface area (Å²) in [4.78, 5) is 11.2. The quantitative estimate of drug-likeness (QED) is 0.854. The number of carbonyl (C=O) groups is 1. The van der Waals surface area contributed by atoms with E-state index in [9.17, 15) is 9.90 Å². The third-order valence-corrected chi connectivity index (χ3v) is 2.30. The molecule has 2 rings (SSSR count). The van der Waals surface area contributed by atoms with E-state index in [1.807, 2.05) is 6.92 Å². The molecule has 0 fully saturated rings. The van der Waals surface area contributed by atoms with E-state index in [0.29, 0.717) is 17.9 Å². The lowest BCUT2D eigenvalue weighted by molar-refractivity contribution is 0.0695. The van der Waals surface area contributed by atoms with Crippen LogP contribution in [0.4, 0.5) is 0 Å². The van der Waals surface area contributed by atoms with Crippen molar-refractivity contribution < 1.29 is 14.4 Å². The van der Waals surface area contributed by atoms with Gasteiger partial charge in [0.25, 0.3) is 0 Å². The highest BCUT2D eigenvalue weighted by Crippen LogP contribution is 2.24. The van der Waals surface area contributed by atoms with Crippen LogP contribution in [0.25, 0.3) is 11.4 Å². The van der Waals surface area contributed by atoms with Gasteiger partial charge >= 0.3 is 5.97 Å². The molecule has 7 nitrogen and oxygen atoms in total. The van der Waals surface area contributed by atoms with Gasteiger partial charge in [-0.2, -0.15) is 0 Å². The summed E-state index contributed by atoms with van der Waals surface area (Å²) in [6, 6.07) is 0. The second-order valence-electron chi connectivity index (χ2n) is 3.66. The number of hydrogen-bond donors (Lipinski definition) is 1. The van der Waals surface area contributed by atoms with Gasteiger partial charge < -0.3 is 9.63 Å². The first-order valence-electron chi connectivity index (χ1n) is 5.22. The van der Waals surface area contributed by atoms with E-state index in [2.05, 4.69) is 15.5 Å². The zero-order valence-electron chi connectivity index (χ0n) is 9.54. The molecule has 0 saturated heterocycles. The Labute approximate surface area is 97.0 Å². The Morgan fingerprint density at radius 1 is 1.59 bits per heavy atom. The summed E-state index contributed by atoms with van der Waals surface area (Å²) in [5.41, 5.74) is 0.706. The topological polar surface area (TPSA) is 94.0 Å². The van der Waals surface area contributed by atoms with Crippen LogP contribution in [0.5, 0.6) is 0 Å². The number of aryl methyl sites for hydroxylation is 2. The summed E-state index contributed by atoms with van der Waals surface area (Å²) in [5, 5.41) is 20.5. The Morgan fingerprint density at radius 2 is 2.35 bits per heavy atom.